The highest BCUT2D eigenvalue weighted by Gasteiger charge is 2.19. The van der Waals surface area contributed by atoms with Crippen LogP contribution in [0, 0.1) is 0 Å². The minimum absolute atomic E-state index is 0.0724. The summed E-state index contributed by atoms with van der Waals surface area (Å²) in [5, 5.41) is 0. The number of allylic oxidation sites excluding steroid dienone is 6. The molecule has 66 heavy (non-hydrogen) atoms. The molecule has 0 saturated heterocycles. The van der Waals surface area contributed by atoms with Crippen LogP contribution in [-0.2, 0) is 28.6 Å². The molecule has 0 aliphatic heterocycles. The molecule has 6 nitrogen and oxygen atoms in total. The highest BCUT2D eigenvalue weighted by molar-refractivity contribution is 5.71. The van der Waals surface area contributed by atoms with Crippen LogP contribution < -0.4 is 0 Å². The molecule has 0 amide bonds. The molecule has 0 bridgehead atoms. The van der Waals surface area contributed by atoms with Gasteiger partial charge in [0, 0.05) is 19.3 Å². The Kier molecular flexibility index (Phi) is 53.2. The standard InChI is InChI=1S/C60H110O6/c1-4-7-10-13-16-19-22-24-26-27-28-29-30-31-32-33-35-36-38-41-44-47-50-53-59(62)65-56-57(55-64-58(61)52-49-46-43-40-21-18-15-12-9-6-3)66-60(63)54-51-48-45-42-39-37-34-25-23-20-17-14-11-8-5-2/h12,15,22,24,27-28,57H,4-11,13-14,16-21,23,25-26,29-56H2,1-3H3/b15-12-,24-22-,28-27-. The lowest BCUT2D eigenvalue weighted by atomic mass is 10.0. The van der Waals surface area contributed by atoms with Crippen molar-refractivity contribution >= 4 is 17.9 Å². The van der Waals surface area contributed by atoms with Crippen LogP contribution >= 0.6 is 0 Å². The van der Waals surface area contributed by atoms with Gasteiger partial charge in [0.15, 0.2) is 6.10 Å². The van der Waals surface area contributed by atoms with E-state index >= 15 is 0 Å². The largest absolute Gasteiger partial charge is 0.462 e. The summed E-state index contributed by atoms with van der Waals surface area (Å²) in [7, 11) is 0. The normalized spacial score (nSPS) is 12.2. The smallest absolute Gasteiger partial charge is 0.306 e. The van der Waals surface area contributed by atoms with Crippen molar-refractivity contribution in [3.05, 3.63) is 36.5 Å². The predicted molar refractivity (Wildman–Crippen MR) is 284 cm³/mol. The Labute approximate surface area is 410 Å². The molecule has 0 N–H and O–H groups in total. The Bertz CT molecular complexity index is 1110. The fourth-order valence-electron chi connectivity index (χ4n) is 8.48. The van der Waals surface area contributed by atoms with Crippen molar-refractivity contribution in [3.8, 4) is 0 Å². The molecule has 1 atom stereocenters. The molecule has 0 aromatic rings. The zero-order valence-corrected chi connectivity index (χ0v) is 44.2. The van der Waals surface area contributed by atoms with E-state index < -0.39 is 6.10 Å². The fourth-order valence-corrected chi connectivity index (χ4v) is 8.48. The SMILES string of the molecule is CCC/C=C\CCCCCCCC(=O)OCC(COC(=O)CCCCCCCCCCCCC/C=C\C/C=C\CCCCCCC)OC(=O)CCCCCCCCCCCCCCCCC. The third-order valence-electron chi connectivity index (χ3n) is 12.8. The van der Waals surface area contributed by atoms with Crippen LogP contribution in [-0.4, -0.2) is 37.2 Å². The Hall–Kier alpha value is -2.37. The minimum Gasteiger partial charge on any atom is -0.462 e. The molecular weight excluding hydrogens is 817 g/mol. The first-order valence-corrected chi connectivity index (χ1v) is 29.0. The van der Waals surface area contributed by atoms with E-state index in [1.54, 1.807) is 0 Å². The summed E-state index contributed by atoms with van der Waals surface area (Å²) in [6, 6.07) is 0. The van der Waals surface area contributed by atoms with Gasteiger partial charge in [-0.15, -0.1) is 0 Å². The number of hydrogen-bond donors (Lipinski definition) is 0. The molecule has 0 radical (unpaired) electrons. The molecule has 0 aromatic carbocycles. The van der Waals surface area contributed by atoms with Crippen LogP contribution in [0.1, 0.15) is 310 Å². The third kappa shape index (κ3) is 52.6. The van der Waals surface area contributed by atoms with Crippen LogP contribution in [0.25, 0.3) is 0 Å². The number of hydrogen-bond acceptors (Lipinski definition) is 6. The predicted octanol–water partition coefficient (Wildman–Crippen LogP) is 19.3. The minimum atomic E-state index is -0.772. The maximum atomic E-state index is 12.8. The second-order valence-electron chi connectivity index (χ2n) is 19.6. The van der Waals surface area contributed by atoms with E-state index in [1.807, 2.05) is 0 Å². The highest BCUT2D eigenvalue weighted by Crippen LogP contribution is 2.16. The number of esters is 3. The number of carbonyl (C=O) groups is 3. The molecule has 0 fully saturated rings. The Morgan fingerprint density at radius 2 is 0.576 bits per heavy atom. The van der Waals surface area contributed by atoms with Gasteiger partial charge in [0.2, 0.25) is 0 Å². The van der Waals surface area contributed by atoms with Crippen molar-refractivity contribution in [3.63, 3.8) is 0 Å². The first-order chi connectivity index (χ1) is 32.5. The van der Waals surface area contributed by atoms with Crippen LogP contribution in [0.2, 0.25) is 0 Å². The van der Waals surface area contributed by atoms with Gasteiger partial charge in [-0.2, -0.15) is 0 Å². The van der Waals surface area contributed by atoms with Crippen LogP contribution in [0.15, 0.2) is 36.5 Å². The lowest BCUT2D eigenvalue weighted by molar-refractivity contribution is -0.167. The maximum absolute atomic E-state index is 12.8. The molecule has 386 valence electrons. The third-order valence-corrected chi connectivity index (χ3v) is 12.8. The topological polar surface area (TPSA) is 78.9 Å². The van der Waals surface area contributed by atoms with E-state index in [0.717, 1.165) is 77.0 Å². The molecule has 0 rings (SSSR count). The summed E-state index contributed by atoms with van der Waals surface area (Å²) in [5.74, 6) is -0.869. The van der Waals surface area contributed by atoms with Gasteiger partial charge < -0.3 is 14.2 Å². The molecule has 0 aliphatic carbocycles. The van der Waals surface area contributed by atoms with E-state index in [-0.39, 0.29) is 31.1 Å². The molecule has 0 aromatic heterocycles. The monoisotopic (exact) mass is 927 g/mol. The lowest BCUT2D eigenvalue weighted by Gasteiger charge is -2.18. The molecule has 0 heterocycles. The molecule has 0 saturated carbocycles. The van der Waals surface area contributed by atoms with Crippen molar-refractivity contribution < 1.29 is 28.6 Å². The first-order valence-electron chi connectivity index (χ1n) is 29.0. The van der Waals surface area contributed by atoms with Gasteiger partial charge in [-0.05, 0) is 70.6 Å². The number of ether oxygens (including phenoxy) is 3. The lowest BCUT2D eigenvalue weighted by Crippen LogP contribution is -2.30. The van der Waals surface area contributed by atoms with Crippen LogP contribution in [0.5, 0.6) is 0 Å². The van der Waals surface area contributed by atoms with Gasteiger partial charge in [-0.25, -0.2) is 0 Å². The number of unbranched alkanes of at least 4 members (excludes halogenated alkanes) is 36. The number of rotatable bonds is 53. The van der Waals surface area contributed by atoms with E-state index in [0.29, 0.717) is 19.3 Å². The first kappa shape index (κ1) is 63.6. The van der Waals surface area contributed by atoms with Crippen molar-refractivity contribution in [2.75, 3.05) is 13.2 Å². The van der Waals surface area contributed by atoms with E-state index in [4.69, 9.17) is 14.2 Å². The summed E-state index contributed by atoms with van der Waals surface area (Å²) >= 11 is 0. The summed E-state index contributed by atoms with van der Waals surface area (Å²) in [6.45, 7) is 6.60. The fraction of sp³-hybridized carbons (Fsp3) is 0.850. The van der Waals surface area contributed by atoms with Crippen molar-refractivity contribution in [1.29, 1.82) is 0 Å². The zero-order valence-electron chi connectivity index (χ0n) is 44.2. The highest BCUT2D eigenvalue weighted by atomic mass is 16.6. The second-order valence-corrected chi connectivity index (χ2v) is 19.6. The Morgan fingerprint density at radius 3 is 0.909 bits per heavy atom. The Balaban J connectivity index is 4.22. The summed E-state index contributed by atoms with van der Waals surface area (Å²) in [6.07, 6.45) is 65.7. The van der Waals surface area contributed by atoms with Crippen molar-refractivity contribution in [1.82, 2.24) is 0 Å². The van der Waals surface area contributed by atoms with E-state index in [2.05, 4.69) is 57.2 Å². The van der Waals surface area contributed by atoms with E-state index in [9.17, 15) is 14.4 Å². The zero-order chi connectivity index (χ0) is 47.9. The maximum Gasteiger partial charge on any atom is 0.306 e. The van der Waals surface area contributed by atoms with Crippen molar-refractivity contribution in [2.24, 2.45) is 0 Å². The van der Waals surface area contributed by atoms with E-state index in [1.165, 1.54) is 193 Å². The molecule has 1 unspecified atom stereocenters. The van der Waals surface area contributed by atoms with Gasteiger partial charge in [-0.1, -0.05) is 256 Å². The average molecular weight is 928 g/mol. The van der Waals surface area contributed by atoms with Gasteiger partial charge >= 0.3 is 17.9 Å². The van der Waals surface area contributed by atoms with Gasteiger partial charge in [0.05, 0.1) is 0 Å². The quantitative estimate of drug-likeness (QED) is 0.0262. The summed E-state index contributed by atoms with van der Waals surface area (Å²) < 4.78 is 16.8. The molecular formula is C60H110O6. The van der Waals surface area contributed by atoms with Crippen LogP contribution in [0.3, 0.4) is 0 Å². The molecule has 0 aliphatic rings. The molecule has 0 spiro atoms. The summed E-state index contributed by atoms with van der Waals surface area (Å²) in [5.41, 5.74) is 0. The van der Waals surface area contributed by atoms with Gasteiger partial charge in [0.25, 0.3) is 0 Å². The Morgan fingerprint density at radius 1 is 0.303 bits per heavy atom. The van der Waals surface area contributed by atoms with Crippen LogP contribution in [0.4, 0.5) is 0 Å². The molecule has 6 heteroatoms. The average Bonchev–Trinajstić information content (AvgIpc) is 3.31. The second kappa shape index (κ2) is 55.2. The van der Waals surface area contributed by atoms with Gasteiger partial charge in [-0.3, -0.25) is 14.4 Å². The number of carbonyl (C=O) groups excluding carboxylic acids is 3. The van der Waals surface area contributed by atoms with Crippen molar-refractivity contribution in [2.45, 2.75) is 316 Å². The summed E-state index contributed by atoms with van der Waals surface area (Å²) in [4.78, 5) is 38.0. The van der Waals surface area contributed by atoms with Gasteiger partial charge in [0.1, 0.15) is 13.2 Å².